The summed E-state index contributed by atoms with van der Waals surface area (Å²) < 4.78 is 10.9. The Morgan fingerprint density at radius 2 is 1.91 bits per heavy atom. The lowest BCUT2D eigenvalue weighted by Crippen LogP contribution is -2.29. The standard InChI is InChI=1S/C24H20ClNO6/c1-2-31-19-12-15(7-10-18(19)27)21-20(22(28)14-5-8-16(25)9-6-14)23(29)24(30)26(21)13-17-4-3-11-32-17/h3-12,21,27-28H,2,13H2,1H3/b22-20+/t21-/m1/s1. The Kier molecular flexibility index (Phi) is 5.92. The van der Waals surface area contributed by atoms with Crippen molar-refractivity contribution < 1.29 is 29.0 Å². The van der Waals surface area contributed by atoms with Gasteiger partial charge in [0.25, 0.3) is 11.7 Å². The summed E-state index contributed by atoms with van der Waals surface area (Å²) in [7, 11) is 0. The predicted octanol–water partition coefficient (Wildman–Crippen LogP) is 4.66. The number of hydrogen-bond donors (Lipinski definition) is 2. The van der Waals surface area contributed by atoms with Crippen molar-refractivity contribution in [1.82, 2.24) is 4.90 Å². The Hall–Kier alpha value is -3.71. The number of aromatic hydroxyl groups is 1. The van der Waals surface area contributed by atoms with Gasteiger partial charge in [-0.2, -0.15) is 0 Å². The summed E-state index contributed by atoms with van der Waals surface area (Å²) in [5, 5.41) is 21.6. The van der Waals surface area contributed by atoms with Gasteiger partial charge in [-0.15, -0.1) is 0 Å². The zero-order valence-corrected chi connectivity index (χ0v) is 17.9. The number of phenolic OH excluding ortho intramolecular Hbond substituents is 1. The lowest BCUT2D eigenvalue weighted by atomic mass is 9.95. The molecule has 1 aliphatic rings. The number of hydrogen-bond acceptors (Lipinski definition) is 6. The minimum Gasteiger partial charge on any atom is -0.507 e. The van der Waals surface area contributed by atoms with Gasteiger partial charge in [-0.05, 0) is 61.0 Å². The lowest BCUT2D eigenvalue weighted by molar-refractivity contribution is -0.140. The maximum absolute atomic E-state index is 13.0. The Bertz CT molecular complexity index is 1180. The van der Waals surface area contributed by atoms with Gasteiger partial charge in [0, 0.05) is 10.6 Å². The van der Waals surface area contributed by atoms with Gasteiger partial charge in [-0.1, -0.05) is 17.7 Å². The van der Waals surface area contributed by atoms with Gasteiger partial charge in [0.15, 0.2) is 11.5 Å². The number of ketones is 1. The van der Waals surface area contributed by atoms with E-state index in [-0.39, 0.29) is 29.4 Å². The molecule has 7 nitrogen and oxygen atoms in total. The van der Waals surface area contributed by atoms with Crippen LogP contribution < -0.4 is 4.74 Å². The van der Waals surface area contributed by atoms with Gasteiger partial charge in [0.1, 0.15) is 11.5 Å². The third kappa shape index (κ3) is 3.94. The minimum atomic E-state index is -0.921. The Morgan fingerprint density at radius 3 is 2.56 bits per heavy atom. The van der Waals surface area contributed by atoms with Crippen LogP contribution in [0, 0.1) is 0 Å². The molecule has 1 amide bonds. The first-order valence-electron chi connectivity index (χ1n) is 9.93. The number of benzene rings is 2. The molecular formula is C24H20ClNO6. The van der Waals surface area contributed by atoms with E-state index < -0.39 is 17.7 Å². The van der Waals surface area contributed by atoms with Crippen LogP contribution in [0.5, 0.6) is 11.5 Å². The van der Waals surface area contributed by atoms with Crippen molar-refractivity contribution in [2.75, 3.05) is 6.61 Å². The maximum atomic E-state index is 13.0. The summed E-state index contributed by atoms with van der Waals surface area (Å²) in [5.41, 5.74) is 0.767. The highest BCUT2D eigenvalue weighted by Gasteiger charge is 2.46. The molecule has 4 rings (SSSR count). The molecule has 2 N–H and O–H groups in total. The second-order valence-electron chi connectivity index (χ2n) is 7.17. The van der Waals surface area contributed by atoms with Crippen LogP contribution in [0.25, 0.3) is 5.76 Å². The van der Waals surface area contributed by atoms with E-state index in [9.17, 15) is 19.8 Å². The van der Waals surface area contributed by atoms with E-state index in [1.165, 1.54) is 17.2 Å². The number of nitrogens with zero attached hydrogens (tertiary/aromatic N) is 1. The van der Waals surface area contributed by atoms with Crippen molar-refractivity contribution >= 4 is 29.1 Å². The first-order chi connectivity index (χ1) is 15.4. The monoisotopic (exact) mass is 453 g/mol. The molecule has 3 aromatic rings. The van der Waals surface area contributed by atoms with Gasteiger partial charge in [0.05, 0.1) is 31.0 Å². The largest absolute Gasteiger partial charge is 0.507 e. The molecule has 1 atom stereocenters. The number of Topliss-reactive ketones (excluding diaryl/α,β-unsaturated/α-hetero) is 1. The number of ether oxygens (including phenoxy) is 1. The van der Waals surface area contributed by atoms with E-state index in [0.29, 0.717) is 28.5 Å². The van der Waals surface area contributed by atoms with Gasteiger partial charge in [0.2, 0.25) is 0 Å². The highest BCUT2D eigenvalue weighted by Crippen LogP contribution is 2.42. The molecular weight excluding hydrogens is 434 g/mol. The number of amides is 1. The predicted molar refractivity (Wildman–Crippen MR) is 117 cm³/mol. The number of furan rings is 1. The first-order valence-corrected chi connectivity index (χ1v) is 10.3. The molecule has 0 radical (unpaired) electrons. The highest BCUT2D eigenvalue weighted by molar-refractivity contribution is 6.46. The Labute approximate surface area is 189 Å². The van der Waals surface area contributed by atoms with Crippen LogP contribution in [0.1, 0.15) is 29.9 Å². The number of aliphatic hydroxyl groups excluding tert-OH is 1. The first kappa shape index (κ1) is 21.5. The number of halogens is 1. The number of aliphatic hydroxyl groups is 1. The second-order valence-corrected chi connectivity index (χ2v) is 7.61. The van der Waals surface area contributed by atoms with Crippen molar-refractivity contribution in [3.63, 3.8) is 0 Å². The number of rotatable bonds is 6. The van der Waals surface area contributed by atoms with Crippen LogP contribution in [0.4, 0.5) is 0 Å². The number of carbonyl (C=O) groups is 2. The van der Waals surface area contributed by atoms with Crippen molar-refractivity contribution in [3.8, 4) is 11.5 Å². The zero-order chi connectivity index (χ0) is 22.8. The highest BCUT2D eigenvalue weighted by atomic mass is 35.5. The molecule has 1 aromatic heterocycles. The van der Waals surface area contributed by atoms with Crippen molar-refractivity contribution in [3.05, 3.63) is 88.3 Å². The molecule has 164 valence electrons. The Balaban J connectivity index is 1.88. The van der Waals surface area contributed by atoms with Crippen LogP contribution in [-0.4, -0.2) is 33.4 Å². The fourth-order valence-corrected chi connectivity index (χ4v) is 3.82. The van der Waals surface area contributed by atoms with E-state index in [1.54, 1.807) is 55.5 Å². The second kappa shape index (κ2) is 8.80. The van der Waals surface area contributed by atoms with Crippen LogP contribution in [0.15, 0.2) is 70.9 Å². The topological polar surface area (TPSA) is 100 Å². The maximum Gasteiger partial charge on any atom is 0.296 e. The summed E-state index contributed by atoms with van der Waals surface area (Å²) >= 11 is 5.94. The number of likely N-dealkylation sites (tertiary alicyclic amines) is 1. The van der Waals surface area contributed by atoms with Crippen LogP contribution >= 0.6 is 11.6 Å². The van der Waals surface area contributed by atoms with E-state index in [1.807, 2.05) is 0 Å². The smallest absolute Gasteiger partial charge is 0.296 e. The average Bonchev–Trinajstić information content (AvgIpc) is 3.38. The molecule has 1 aliphatic heterocycles. The Morgan fingerprint density at radius 1 is 1.16 bits per heavy atom. The molecule has 1 saturated heterocycles. The third-order valence-electron chi connectivity index (χ3n) is 5.16. The SMILES string of the molecule is CCOc1cc([C@@H]2/C(=C(\O)c3ccc(Cl)cc3)C(=O)C(=O)N2Cc2ccco2)ccc1O. The lowest BCUT2D eigenvalue weighted by Gasteiger charge is -2.25. The molecule has 1 fully saturated rings. The minimum absolute atomic E-state index is 0.0183. The third-order valence-corrected chi connectivity index (χ3v) is 5.42. The molecule has 32 heavy (non-hydrogen) atoms. The van der Waals surface area contributed by atoms with Crippen LogP contribution in [0.2, 0.25) is 5.02 Å². The molecule has 0 bridgehead atoms. The molecule has 0 unspecified atom stereocenters. The summed E-state index contributed by atoms with van der Waals surface area (Å²) in [4.78, 5) is 27.3. The van der Waals surface area contributed by atoms with Gasteiger partial charge in [-0.25, -0.2) is 0 Å². The molecule has 0 saturated carbocycles. The fraction of sp³-hybridized carbons (Fsp3) is 0.167. The summed E-state index contributed by atoms with van der Waals surface area (Å²) in [6.45, 7) is 2.11. The summed E-state index contributed by atoms with van der Waals surface area (Å²) in [6, 6.07) is 13.3. The van der Waals surface area contributed by atoms with Crippen molar-refractivity contribution in [2.24, 2.45) is 0 Å². The van der Waals surface area contributed by atoms with Crippen molar-refractivity contribution in [2.45, 2.75) is 19.5 Å². The quantitative estimate of drug-likeness (QED) is 0.320. The van der Waals surface area contributed by atoms with Gasteiger partial charge >= 0.3 is 0 Å². The molecule has 8 heteroatoms. The number of carbonyl (C=O) groups excluding carboxylic acids is 2. The summed E-state index contributed by atoms with van der Waals surface area (Å²) in [6.07, 6.45) is 1.47. The molecule has 2 aromatic carbocycles. The van der Waals surface area contributed by atoms with E-state index in [0.717, 1.165) is 0 Å². The van der Waals surface area contributed by atoms with Crippen molar-refractivity contribution in [1.29, 1.82) is 0 Å². The van der Waals surface area contributed by atoms with Gasteiger partial charge < -0.3 is 24.3 Å². The fourth-order valence-electron chi connectivity index (χ4n) is 3.70. The zero-order valence-electron chi connectivity index (χ0n) is 17.1. The summed E-state index contributed by atoms with van der Waals surface area (Å²) in [5.74, 6) is -1.30. The normalized spacial score (nSPS) is 17.7. The van der Waals surface area contributed by atoms with E-state index in [2.05, 4.69) is 0 Å². The van der Waals surface area contributed by atoms with Crippen LogP contribution in [0.3, 0.4) is 0 Å². The number of phenols is 1. The molecule has 2 heterocycles. The van der Waals surface area contributed by atoms with E-state index >= 15 is 0 Å². The van der Waals surface area contributed by atoms with Crippen LogP contribution in [-0.2, 0) is 16.1 Å². The van der Waals surface area contributed by atoms with Gasteiger partial charge in [-0.3, -0.25) is 9.59 Å². The molecule has 0 aliphatic carbocycles. The molecule has 0 spiro atoms. The van der Waals surface area contributed by atoms with E-state index in [4.69, 9.17) is 20.8 Å². The average molecular weight is 454 g/mol.